The summed E-state index contributed by atoms with van der Waals surface area (Å²) in [7, 11) is 0. The molecule has 0 spiro atoms. The van der Waals surface area contributed by atoms with Gasteiger partial charge in [-0.05, 0) is 50.6 Å². The van der Waals surface area contributed by atoms with E-state index < -0.39 is 12.1 Å². The molecule has 2 rings (SSSR count). The maximum Gasteiger partial charge on any atom is 0.352 e. The highest BCUT2D eigenvalue weighted by molar-refractivity contribution is 6.35. The minimum Gasteiger partial charge on any atom is -0.477 e. The number of hydrogen-bond acceptors (Lipinski definition) is 3. The van der Waals surface area contributed by atoms with Crippen LogP contribution in [0.15, 0.2) is 36.4 Å². The molecule has 0 saturated carbocycles. The summed E-state index contributed by atoms with van der Waals surface area (Å²) in [5.74, 6) is 0.419. The van der Waals surface area contributed by atoms with E-state index >= 15 is 0 Å². The molecule has 1 unspecified atom stereocenters. The van der Waals surface area contributed by atoms with Crippen LogP contribution in [0.1, 0.15) is 18.1 Å². The quantitative estimate of drug-likeness (QED) is 0.582. The molecule has 0 amide bonds. The Morgan fingerprint density at radius 3 is 2.36 bits per heavy atom. The van der Waals surface area contributed by atoms with Crippen molar-refractivity contribution >= 4 is 29.2 Å². The van der Waals surface area contributed by atoms with E-state index in [2.05, 4.69) is 0 Å². The molecule has 0 heterocycles. The molecular weight excluding hydrogens is 323 g/mol. The van der Waals surface area contributed by atoms with Crippen LogP contribution < -0.4 is 9.47 Å². The van der Waals surface area contributed by atoms with Crippen molar-refractivity contribution in [2.45, 2.75) is 26.9 Å². The van der Waals surface area contributed by atoms with E-state index in [0.29, 0.717) is 21.5 Å². The average Bonchev–Trinajstić information content (AvgIpc) is 2.44. The van der Waals surface area contributed by atoms with Crippen molar-refractivity contribution in [1.82, 2.24) is 0 Å². The zero-order chi connectivity index (χ0) is 16.3. The van der Waals surface area contributed by atoms with Crippen LogP contribution in [0.2, 0.25) is 10.0 Å². The first-order chi connectivity index (χ1) is 10.4. The third kappa shape index (κ3) is 4.15. The van der Waals surface area contributed by atoms with E-state index in [1.807, 2.05) is 26.0 Å². The number of esters is 1. The Hall–Kier alpha value is -1.71. The summed E-state index contributed by atoms with van der Waals surface area (Å²) in [6.07, 6.45) is -0.792. The van der Waals surface area contributed by atoms with Crippen LogP contribution in [0, 0.1) is 13.8 Å². The Morgan fingerprint density at radius 2 is 1.73 bits per heavy atom. The van der Waals surface area contributed by atoms with Crippen molar-refractivity contribution in [3.63, 3.8) is 0 Å². The summed E-state index contributed by atoms with van der Waals surface area (Å²) in [4.78, 5) is 12.1. The van der Waals surface area contributed by atoms with Gasteiger partial charge in [-0.3, -0.25) is 0 Å². The van der Waals surface area contributed by atoms with Crippen LogP contribution in [-0.4, -0.2) is 12.1 Å². The molecule has 2 aromatic carbocycles. The largest absolute Gasteiger partial charge is 0.477 e. The zero-order valence-electron chi connectivity index (χ0n) is 12.5. The lowest BCUT2D eigenvalue weighted by atomic mass is 10.1. The van der Waals surface area contributed by atoms with Gasteiger partial charge in [0.15, 0.2) is 6.10 Å². The Kier molecular flexibility index (Phi) is 5.33. The Bertz CT molecular complexity index is 698. The molecule has 2 aromatic rings. The average molecular weight is 339 g/mol. The zero-order valence-corrected chi connectivity index (χ0v) is 14.0. The van der Waals surface area contributed by atoms with Gasteiger partial charge in [-0.1, -0.05) is 40.9 Å². The van der Waals surface area contributed by atoms with E-state index in [9.17, 15) is 4.79 Å². The maximum absolute atomic E-state index is 12.1. The maximum atomic E-state index is 12.1. The van der Waals surface area contributed by atoms with Gasteiger partial charge in [0.1, 0.15) is 11.5 Å². The van der Waals surface area contributed by atoms with Gasteiger partial charge in [0, 0.05) is 5.02 Å². The monoisotopic (exact) mass is 338 g/mol. The minimum absolute atomic E-state index is 0.346. The molecule has 0 aliphatic carbocycles. The van der Waals surface area contributed by atoms with Gasteiger partial charge < -0.3 is 9.47 Å². The molecule has 116 valence electrons. The van der Waals surface area contributed by atoms with Gasteiger partial charge in [-0.2, -0.15) is 0 Å². The summed E-state index contributed by atoms with van der Waals surface area (Å²) < 4.78 is 10.9. The number of carbonyl (C=O) groups is 1. The van der Waals surface area contributed by atoms with E-state index in [1.165, 1.54) is 0 Å². The third-order valence-electron chi connectivity index (χ3n) is 3.07. The van der Waals surface area contributed by atoms with E-state index in [0.717, 1.165) is 11.1 Å². The van der Waals surface area contributed by atoms with Crippen LogP contribution >= 0.6 is 23.2 Å². The fourth-order valence-corrected chi connectivity index (χ4v) is 2.37. The molecule has 0 aliphatic rings. The highest BCUT2D eigenvalue weighted by Gasteiger charge is 2.19. The molecule has 0 bridgehead atoms. The van der Waals surface area contributed by atoms with Gasteiger partial charge in [-0.25, -0.2) is 4.79 Å². The first-order valence-electron chi connectivity index (χ1n) is 6.77. The molecule has 0 N–H and O–H groups in total. The van der Waals surface area contributed by atoms with Crippen LogP contribution in [0.25, 0.3) is 0 Å². The Labute approximate surface area is 139 Å². The molecule has 0 saturated heterocycles. The van der Waals surface area contributed by atoms with Crippen LogP contribution in [0.5, 0.6) is 11.5 Å². The normalized spacial score (nSPS) is 11.9. The number of rotatable bonds is 4. The first kappa shape index (κ1) is 16.7. The van der Waals surface area contributed by atoms with Crippen LogP contribution in [0.3, 0.4) is 0 Å². The molecule has 0 aromatic heterocycles. The number of benzene rings is 2. The number of ether oxygens (including phenoxy) is 2. The SMILES string of the molecule is Cc1ccc(OC(=O)C(C)Oc2ccc(Cl)cc2Cl)c(C)c1. The summed E-state index contributed by atoms with van der Waals surface area (Å²) in [5, 5.41) is 0.849. The van der Waals surface area contributed by atoms with Crippen molar-refractivity contribution in [1.29, 1.82) is 0 Å². The number of hydrogen-bond donors (Lipinski definition) is 0. The topological polar surface area (TPSA) is 35.5 Å². The number of aryl methyl sites for hydroxylation is 2. The summed E-state index contributed by atoms with van der Waals surface area (Å²) >= 11 is 11.8. The van der Waals surface area contributed by atoms with Gasteiger partial charge >= 0.3 is 5.97 Å². The fourth-order valence-electron chi connectivity index (χ4n) is 1.91. The molecule has 0 fully saturated rings. The van der Waals surface area contributed by atoms with E-state index in [-0.39, 0.29) is 0 Å². The summed E-state index contributed by atoms with van der Waals surface area (Å²) in [6.45, 7) is 5.47. The van der Waals surface area contributed by atoms with E-state index in [1.54, 1.807) is 31.2 Å². The highest BCUT2D eigenvalue weighted by Crippen LogP contribution is 2.28. The van der Waals surface area contributed by atoms with Crippen LogP contribution in [0.4, 0.5) is 0 Å². The lowest BCUT2D eigenvalue weighted by molar-refractivity contribution is -0.141. The van der Waals surface area contributed by atoms with Crippen molar-refractivity contribution in [2.24, 2.45) is 0 Å². The first-order valence-corrected chi connectivity index (χ1v) is 7.53. The van der Waals surface area contributed by atoms with Crippen LogP contribution in [-0.2, 0) is 4.79 Å². The predicted octanol–water partition coefficient (Wildman–Crippen LogP) is 4.98. The standard InChI is InChI=1S/C17H16Cl2O3/c1-10-4-6-15(11(2)8-10)22-17(20)12(3)21-16-7-5-13(18)9-14(16)19/h4-9,12H,1-3H3. The van der Waals surface area contributed by atoms with Gasteiger partial charge in [0.25, 0.3) is 0 Å². The lowest BCUT2D eigenvalue weighted by Gasteiger charge is -2.16. The summed E-state index contributed by atoms with van der Waals surface area (Å²) in [5.41, 5.74) is 2.00. The fraction of sp³-hybridized carbons (Fsp3) is 0.235. The second-order valence-corrected chi connectivity index (χ2v) is 5.87. The minimum atomic E-state index is -0.792. The second kappa shape index (κ2) is 7.03. The van der Waals surface area contributed by atoms with Crippen molar-refractivity contribution in [3.05, 3.63) is 57.6 Å². The molecular formula is C17H16Cl2O3. The van der Waals surface area contributed by atoms with Crippen molar-refractivity contribution in [2.75, 3.05) is 0 Å². The number of halogens is 2. The Morgan fingerprint density at radius 1 is 1.05 bits per heavy atom. The molecule has 3 nitrogen and oxygen atoms in total. The molecule has 1 atom stereocenters. The molecule has 0 aliphatic heterocycles. The molecule has 5 heteroatoms. The van der Waals surface area contributed by atoms with Crippen molar-refractivity contribution in [3.8, 4) is 11.5 Å². The highest BCUT2D eigenvalue weighted by atomic mass is 35.5. The summed E-state index contributed by atoms with van der Waals surface area (Å²) in [6, 6.07) is 10.4. The third-order valence-corrected chi connectivity index (χ3v) is 3.60. The van der Waals surface area contributed by atoms with Gasteiger partial charge in [0.05, 0.1) is 5.02 Å². The molecule has 22 heavy (non-hydrogen) atoms. The predicted molar refractivity (Wildman–Crippen MR) is 88.1 cm³/mol. The number of carbonyl (C=O) groups excluding carboxylic acids is 1. The molecule has 0 radical (unpaired) electrons. The van der Waals surface area contributed by atoms with Crippen molar-refractivity contribution < 1.29 is 14.3 Å². The second-order valence-electron chi connectivity index (χ2n) is 5.02. The smallest absolute Gasteiger partial charge is 0.352 e. The lowest BCUT2D eigenvalue weighted by Crippen LogP contribution is -2.28. The van der Waals surface area contributed by atoms with E-state index in [4.69, 9.17) is 32.7 Å². The van der Waals surface area contributed by atoms with Gasteiger partial charge in [-0.15, -0.1) is 0 Å². The van der Waals surface area contributed by atoms with Gasteiger partial charge in [0.2, 0.25) is 0 Å². The Balaban J connectivity index is 2.05.